The number of aryl methyl sites for hydroxylation is 1. The van der Waals surface area contributed by atoms with Gasteiger partial charge in [0.1, 0.15) is 11.8 Å². The summed E-state index contributed by atoms with van der Waals surface area (Å²) in [5.74, 6) is 1.39. The van der Waals surface area contributed by atoms with E-state index in [0.717, 1.165) is 17.0 Å². The molecule has 2 aromatic heterocycles. The van der Waals surface area contributed by atoms with Gasteiger partial charge in [0.05, 0.1) is 28.8 Å². The number of aromatic nitrogens is 2. The molecule has 1 N–H and O–H groups in total. The molecule has 3 rings (SSSR count). The van der Waals surface area contributed by atoms with Crippen LogP contribution in [0, 0.1) is 6.92 Å². The predicted molar refractivity (Wildman–Crippen MR) is 74.3 cm³/mol. The second-order valence-electron chi connectivity index (χ2n) is 4.74. The molecular weight excluding hydrogens is 276 g/mol. The number of nitrogens with one attached hydrogen (secondary N) is 1. The quantitative estimate of drug-likeness (QED) is 0.923. The van der Waals surface area contributed by atoms with E-state index >= 15 is 0 Å². The lowest BCUT2D eigenvalue weighted by molar-refractivity contribution is -0.134. The molecule has 0 saturated heterocycles. The van der Waals surface area contributed by atoms with Gasteiger partial charge in [0.25, 0.3) is 0 Å². The number of likely N-dealkylation sites (N-methyl/N-ethyl adjacent to an activating group) is 1. The number of amides is 1. The topological polar surface area (TPSA) is 71.3 Å². The van der Waals surface area contributed by atoms with Crippen molar-refractivity contribution in [1.82, 2.24) is 20.2 Å². The molecule has 2 aromatic rings. The maximum absolute atomic E-state index is 12.6. The molecule has 1 amide bonds. The van der Waals surface area contributed by atoms with Gasteiger partial charge in [-0.3, -0.25) is 4.79 Å². The average molecular weight is 292 g/mol. The van der Waals surface area contributed by atoms with Crippen LogP contribution in [0.15, 0.2) is 16.1 Å². The summed E-state index contributed by atoms with van der Waals surface area (Å²) in [6.07, 6.45) is 2.45. The van der Waals surface area contributed by atoms with E-state index in [1.165, 1.54) is 11.3 Å². The third-order valence-electron chi connectivity index (χ3n) is 3.42. The summed E-state index contributed by atoms with van der Waals surface area (Å²) in [5, 5.41) is 3.09. The molecule has 1 aliphatic heterocycles. The summed E-state index contributed by atoms with van der Waals surface area (Å²) in [5.41, 5.74) is 2.82. The number of thiazole rings is 1. The first-order valence-corrected chi connectivity index (χ1v) is 7.36. The van der Waals surface area contributed by atoms with E-state index in [1.54, 1.807) is 30.6 Å². The van der Waals surface area contributed by atoms with Gasteiger partial charge in [-0.05, 0) is 7.05 Å². The molecule has 0 radical (unpaired) electrons. The zero-order valence-electron chi connectivity index (χ0n) is 11.4. The van der Waals surface area contributed by atoms with Crippen molar-refractivity contribution in [2.24, 2.45) is 0 Å². The number of carbonyl (C=O) groups excluding carboxylic acids is 1. The number of carbonyl (C=O) groups is 1. The Bertz CT molecular complexity index is 621. The summed E-state index contributed by atoms with van der Waals surface area (Å²) in [7, 11) is 1.80. The van der Waals surface area contributed by atoms with Crippen molar-refractivity contribution in [2.45, 2.75) is 25.9 Å². The van der Waals surface area contributed by atoms with Crippen LogP contribution >= 0.6 is 11.3 Å². The third-order valence-corrected chi connectivity index (χ3v) is 4.35. The van der Waals surface area contributed by atoms with Gasteiger partial charge >= 0.3 is 0 Å². The summed E-state index contributed by atoms with van der Waals surface area (Å²) in [6.45, 7) is 2.89. The van der Waals surface area contributed by atoms with Crippen molar-refractivity contribution in [1.29, 1.82) is 0 Å². The molecule has 1 unspecified atom stereocenters. The number of hydrogen-bond acceptors (Lipinski definition) is 6. The lowest BCUT2D eigenvalue weighted by Gasteiger charge is -2.22. The van der Waals surface area contributed by atoms with Crippen molar-refractivity contribution in [2.75, 3.05) is 13.6 Å². The molecule has 20 heavy (non-hydrogen) atoms. The van der Waals surface area contributed by atoms with Crippen molar-refractivity contribution < 1.29 is 9.21 Å². The van der Waals surface area contributed by atoms with Crippen molar-refractivity contribution >= 4 is 17.2 Å². The molecule has 0 aliphatic carbocycles. The first-order chi connectivity index (χ1) is 9.69. The van der Waals surface area contributed by atoms with Crippen molar-refractivity contribution in [3.8, 4) is 0 Å². The first kappa shape index (κ1) is 13.3. The summed E-state index contributed by atoms with van der Waals surface area (Å²) in [6, 6.07) is -0.316. The van der Waals surface area contributed by atoms with E-state index in [4.69, 9.17) is 4.42 Å². The highest BCUT2D eigenvalue weighted by molar-refractivity contribution is 7.10. The zero-order valence-corrected chi connectivity index (χ0v) is 12.2. The number of fused-ring (bicyclic) bond motifs is 1. The lowest BCUT2D eigenvalue weighted by Crippen LogP contribution is -2.38. The predicted octanol–water partition coefficient (Wildman–Crippen LogP) is 1.28. The van der Waals surface area contributed by atoms with Crippen molar-refractivity contribution in [3.63, 3.8) is 0 Å². The highest BCUT2D eigenvalue weighted by Gasteiger charge is 2.32. The van der Waals surface area contributed by atoms with Crippen LogP contribution in [0.5, 0.6) is 0 Å². The van der Waals surface area contributed by atoms with E-state index in [1.807, 2.05) is 0 Å². The molecular formula is C13H16N4O2S. The third kappa shape index (κ3) is 2.34. The Morgan fingerprint density at radius 1 is 1.55 bits per heavy atom. The van der Waals surface area contributed by atoms with Crippen LogP contribution in [0.2, 0.25) is 0 Å². The highest BCUT2D eigenvalue weighted by Crippen LogP contribution is 2.28. The van der Waals surface area contributed by atoms with E-state index in [0.29, 0.717) is 24.7 Å². The van der Waals surface area contributed by atoms with Crippen LogP contribution in [-0.4, -0.2) is 34.4 Å². The van der Waals surface area contributed by atoms with E-state index < -0.39 is 0 Å². The molecule has 6 nitrogen and oxygen atoms in total. The molecule has 0 bridgehead atoms. The molecule has 0 fully saturated rings. The lowest BCUT2D eigenvalue weighted by atomic mass is 10.2. The molecule has 7 heteroatoms. The highest BCUT2D eigenvalue weighted by atomic mass is 32.1. The summed E-state index contributed by atoms with van der Waals surface area (Å²) in [4.78, 5) is 23.9. The Morgan fingerprint density at radius 3 is 3.10 bits per heavy atom. The van der Waals surface area contributed by atoms with Gasteiger partial charge in [-0.2, -0.15) is 0 Å². The van der Waals surface area contributed by atoms with Gasteiger partial charge in [0.15, 0.2) is 5.89 Å². The minimum absolute atomic E-state index is 0.0598. The maximum atomic E-state index is 12.6. The number of rotatable bonds is 3. The molecule has 106 valence electrons. The Morgan fingerprint density at radius 2 is 2.40 bits per heavy atom. The largest absolute Gasteiger partial charge is 0.444 e. The fourth-order valence-electron chi connectivity index (χ4n) is 2.42. The number of nitrogens with zero attached hydrogens (tertiary/aromatic N) is 3. The second kappa shape index (κ2) is 5.34. The van der Waals surface area contributed by atoms with Crippen LogP contribution in [0.3, 0.4) is 0 Å². The Labute approximate surface area is 120 Å². The van der Waals surface area contributed by atoms with Crippen LogP contribution in [0.25, 0.3) is 0 Å². The minimum atomic E-state index is -0.316. The van der Waals surface area contributed by atoms with Crippen LogP contribution in [0.4, 0.5) is 0 Å². The molecule has 0 aromatic carbocycles. The van der Waals surface area contributed by atoms with Gasteiger partial charge in [-0.1, -0.05) is 0 Å². The smallest absolute Gasteiger partial charge is 0.245 e. The average Bonchev–Trinajstić information content (AvgIpc) is 3.02. The fraction of sp³-hybridized carbons (Fsp3) is 0.462. The molecule has 0 saturated carbocycles. The van der Waals surface area contributed by atoms with Gasteiger partial charge in [0.2, 0.25) is 5.91 Å². The fourth-order valence-corrected chi connectivity index (χ4v) is 3.36. The second-order valence-corrected chi connectivity index (χ2v) is 5.63. The summed E-state index contributed by atoms with van der Waals surface area (Å²) < 4.78 is 5.46. The van der Waals surface area contributed by atoms with Crippen LogP contribution in [0.1, 0.15) is 28.3 Å². The molecule has 1 aliphatic rings. The Hall–Kier alpha value is -1.73. The molecule has 0 spiro atoms. The van der Waals surface area contributed by atoms with Crippen LogP contribution in [-0.2, 0) is 17.8 Å². The number of hydrogen-bond donors (Lipinski definition) is 1. The van der Waals surface area contributed by atoms with Gasteiger partial charge < -0.3 is 14.6 Å². The monoisotopic (exact) mass is 292 g/mol. The van der Waals surface area contributed by atoms with Gasteiger partial charge in [-0.25, -0.2) is 9.97 Å². The zero-order chi connectivity index (χ0) is 14.1. The first-order valence-electron chi connectivity index (χ1n) is 6.48. The van der Waals surface area contributed by atoms with Crippen LogP contribution < -0.4 is 5.32 Å². The normalized spacial score (nSPS) is 19.0. The van der Waals surface area contributed by atoms with Crippen molar-refractivity contribution in [3.05, 3.63) is 33.9 Å². The maximum Gasteiger partial charge on any atom is 0.245 e. The van der Waals surface area contributed by atoms with E-state index in [2.05, 4.69) is 15.3 Å². The SMILES string of the molecule is CNC1C(=O)N(Cc2cnc(C)o2)CCc2ncsc21. The minimum Gasteiger partial charge on any atom is -0.444 e. The molecule has 1 atom stereocenters. The van der Waals surface area contributed by atoms with Gasteiger partial charge in [-0.15, -0.1) is 11.3 Å². The Balaban J connectivity index is 1.84. The van der Waals surface area contributed by atoms with E-state index in [9.17, 15) is 4.79 Å². The summed E-state index contributed by atoms with van der Waals surface area (Å²) >= 11 is 1.53. The molecule has 3 heterocycles. The van der Waals surface area contributed by atoms with Gasteiger partial charge in [0, 0.05) is 19.9 Å². The Kier molecular flexibility index (Phi) is 3.54. The van der Waals surface area contributed by atoms with E-state index in [-0.39, 0.29) is 11.9 Å². The standard InChI is InChI=1S/C13H16N4O2S/c1-8-15-5-9(19-8)6-17-4-3-10-12(20-7-16-10)11(14-2)13(17)18/h5,7,11,14H,3-4,6H2,1-2H3. The number of oxazole rings is 1.